The summed E-state index contributed by atoms with van der Waals surface area (Å²) < 4.78 is 2.05. The Morgan fingerprint density at radius 2 is 2.20 bits per heavy atom. The molecule has 0 aliphatic rings. The van der Waals surface area contributed by atoms with Crippen LogP contribution >= 0.6 is 23.1 Å². The van der Waals surface area contributed by atoms with Crippen LogP contribution in [0.25, 0.3) is 10.7 Å². The summed E-state index contributed by atoms with van der Waals surface area (Å²) >= 11 is 3.43. The van der Waals surface area contributed by atoms with Gasteiger partial charge in [-0.05, 0) is 11.4 Å². The van der Waals surface area contributed by atoms with Gasteiger partial charge in [-0.1, -0.05) is 31.7 Å². The van der Waals surface area contributed by atoms with Crippen LogP contribution in [-0.2, 0) is 7.05 Å². The molecule has 0 atom stereocenters. The first kappa shape index (κ1) is 10.7. The van der Waals surface area contributed by atoms with Crippen LogP contribution in [0.5, 0.6) is 0 Å². The molecule has 2 aromatic heterocycles. The number of nitrogens with zero attached hydrogens (tertiary/aromatic N) is 3. The van der Waals surface area contributed by atoms with Crippen molar-refractivity contribution < 1.29 is 0 Å². The Balaban J connectivity index is 2.32. The number of thioether (sulfide) groups is 1. The second-order valence-electron chi connectivity index (χ2n) is 3.51. The molecule has 0 saturated carbocycles. The first-order valence-corrected chi connectivity index (χ1v) is 6.54. The minimum absolute atomic E-state index is 0.532. The predicted octanol–water partition coefficient (Wildman–Crippen LogP) is 3.04. The molecule has 2 heterocycles. The van der Waals surface area contributed by atoms with Gasteiger partial charge < -0.3 is 4.57 Å². The molecule has 0 aliphatic carbocycles. The Morgan fingerprint density at radius 3 is 2.80 bits per heavy atom. The molecule has 0 fully saturated rings. The van der Waals surface area contributed by atoms with Gasteiger partial charge in [0.15, 0.2) is 11.0 Å². The van der Waals surface area contributed by atoms with E-state index in [1.54, 1.807) is 23.1 Å². The molecule has 0 saturated heterocycles. The summed E-state index contributed by atoms with van der Waals surface area (Å²) in [4.78, 5) is 1.17. The van der Waals surface area contributed by atoms with Gasteiger partial charge in [0.1, 0.15) is 0 Å². The molecule has 0 amide bonds. The second-order valence-corrected chi connectivity index (χ2v) is 6.00. The van der Waals surface area contributed by atoms with Gasteiger partial charge in [-0.2, -0.15) is 0 Å². The number of hydrogen-bond acceptors (Lipinski definition) is 4. The SMILES string of the molecule is CC(C)Sc1nnc(-c2cccs2)n1C. The topological polar surface area (TPSA) is 30.7 Å². The van der Waals surface area contributed by atoms with Crippen LogP contribution in [0.1, 0.15) is 13.8 Å². The maximum Gasteiger partial charge on any atom is 0.191 e. The second kappa shape index (κ2) is 4.37. The fourth-order valence-electron chi connectivity index (χ4n) is 1.25. The Bertz CT molecular complexity index is 431. The van der Waals surface area contributed by atoms with Crippen LogP contribution in [0.15, 0.2) is 22.7 Å². The monoisotopic (exact) mass is 239 g/mol. The largest absolute Gasteiger partial charge is 0.304 e. The highest BCUT2D eigenvalue weighted by Gasteiger charge is 2.12. The van der Waals surface area contributed by atoms with Crippen molar-refractivity contribution in [1.29, 1.82) is 0 Å². The van der Waals surface area contributed by atoms with E-state index in [2.05, 4.69) is 40.1 Å². The number of thiophene rings is 1. The molecule has 0 aliphatic heterocycles. The highest BCUT2D eigenvalue weighted by Crippen LogP contribution is 2.27. The molecular formula is C10H13N3S2. The summed E-state index contributed by atoms with van der Waals surface area (Å²) in [6.45, 7) is 4.31. The summed E-state index contributed by atoms with van der Waals surface area (Å²) in [5.74, 6) is 0.952. The van der Waals surface area contributed by atoms with E-state index in [1.165, 1.54) is 4.88 Å². The maximum absolute atomic E-state index is 4.21. The quantitative estimate of drug-likeness (QED) is 0.771. The van der Waals surface area contributed by atoms with Crippen LogP contribution in [0.4, 0.5) is 0 Å². The fourth-order valence-corrected chi connectivity index (χ4v) is 2.75. The van der Waals surface area contributed by atoms with Crippen molar-refractivity contribution in [3.05, 3.63) is 17.5 Å². The molecule has 2 aromatic rings. The first-order valence-electron chi connectivity index (χ1n) is 4.78. The third kappa shape index (κ3) is 2.23. The molecule has 0 bridgehead atoms. The van der Waals surface area contributed by atoms with Crippen LogP contribution in [-0.4, -0.2) is 20.0 Å². The van der Waals surface area contributed by atoms with Crippen molar-refractivity contribution in [3.63, 3.8) is 0 Å². The predicted molar refractivity (Wildman–Crippen MR) is 65.3 cm³/mol. The third-order valence-corrected chi connectivity index (χ3v) is 3.82. The lowest BCUT2D eigenvalue weighted by Crippen LogP contribution is -1.96. The molecule has 2 rings (SSSR count). The van der Waals surface area contributed by atoms with E-state index < -0.39 is 0 Å². The smallest absolute Gasteiger partial charge is 0.191 e. The minimum Gasteiger partial charge on any atom is -0.304 e. The van der Waals surface area contributed by atoms with Gasteiger partial charge in [-0.15, -0.1) is 21.5 Å². The Kier molecular flexibility index (Phi) is 3.11. The van der Waals surface area contributed by atoms with Gasteiger partial charge in [-0.25, -0.2) is 0 Å². The molecule has 80 valence electrons. The number of hydrogen-bond donors (Lipinski definition) is 0. The van der Waals surface area contributed by atoms with Crippen LogP contribution in [0.2, 0.25) is 0 Å². The average Bonchev–Trinajstić information content (AvgIpc) is 2.76. The van der Waals surface area contributed by atoms with Crippen molar-refractivity contribution >= 4 is 23.1 Å². The van der Waals surface area contributed by atoms with E-state index in [0.29, 0.717) is 5.25 Å². The highest BCUT2D eigenvalue weighted by atomic mass is 32.2. The average molecular weight is 239 g/mol. The van der Waals surface area contributed by atoms with Gasteiger partial charge in [-0.3, -0.25) is 0 Å². The minimum atomic E-state index is 0.532. The lowest BCUT2D eigenvalue weighted by molar-refractivity contribution is 0.791. The van der Waals surface area contributed by atoms with Gasteiger partial charge >= 0.3 is 0 Å². The first-order chi connectivity index (χ1) is 7.18. The summed E-state index contributed by atoms with van der Waals surface area (Å²) in [5, 5.41) is 12.0. The van der Waals surface area contributed by atoms with Crippen molar-refractivity contribution in [2.45, 2.75) is 24.3 Å². The van der Waals surface area contributed by atoms with E-state index >= 15 is 0 Å². The molecule has 0 radical (unpaired) electrons. The molecule has 0 N–H and O–H groups in total. The molecule has 0 unspecified atom stereocenters. The lowest BCUT2D eigenvalue weighted by atomic mass is 10.4. The van der Waals surface area contributed by atoms with Gasteiger partial charge in [0.05, 0.1) is 4.88 Å². The number of rotatable bonds is 3. The summed E-state index contributed by atoms with van der Waals surface area (Å²) in [5.41, 5.74) is 0. The highest BCUT2D eigenvalue weighted by molar-refractivity contribution is 7.99. The lowest BCUT2D eigenvalue weighted by Gasteiger charge is -2.04. The van der Waals surface area contributed by atoms with Crippen LogP contribution in [0.3, 0.4) is 0 Å². The summed E-state index contributed by atoms with van der Waals surface area (Å²) in [6.07, 6.45) is 0. The van der Waals surface area contributed by atoms with E-state index in [1.807, 2.05) is 13.1 Å². The van der Waals surface area contributed by atoms with E-state index in [-0.39, 0.29) is 0 Å². The number of aromatic nitrogens is 3. The third-order valence-electron chi connectivity index (χ3n) is 1.92. The molecule has 0 spiro atoms. The van der Waals surface area contributed by atoms with E-state index in [4.69, 9.17) is 0 Å². The van der Waals surface area contributed by atoms with Crippen molar-refractivity contribution in [2.75, 3.05) is 0 Å². The molecule has 3 nitrogen and oxygen atoms in total. The van der Waals surface area contributed by atoms with Crippen molar-refractivity contribution in [3.8, 4) is 10.7 Å². The Morgan fingerprint density at radius 1 is 1.40 bits per heavy atom. The Hall–Kier alpha value is -0.810. The standard InChI is InChI=1S/C10H13N3S2/c1-7(2)15-10-12-11-9(13(10)3)8-5-4-6-14-8/h4-7H,1-3H3. The zero-order valence-electron chi connectivity index (χ0n) is 8.97. The normalized spacial score (nSPS) is 11.2. The molecule has 5 heteroatoms. The van der Waals surface area contributed by atoms with Crippen LogP contribution in [0, 0.1) is 0 Å². The van der Waals surface area contributed by atoms with Crippen molar-refractivity contribution in [2.24, 2.45) is 7.05 Å². The summed E-state index contributed by atoms with van der Waals surface area (Å²) in [7, 11) is 2.01. The van der Waals surface area contributed by atoms with E-state index in [0.717, 1.165) is 11.0 Å². The fraction of sp³-hybridized carbons (Fsp3) is 0.400. The van der Waals surface area contributed by atoms with E-state index in [9.17, 15) is 0 Å². The maximum atomic E-state index is 4.21. The molecular weight excluding hydrogens is 226 g/mol. The van der Waals surface area contributed by atoms with Gasteiger partial charge in [0.2, 0.25) is 0 Å². The van der Waals surface area contributed by atoms with Gasteiger partial charge in [0.25, 0.3) is 0 Å². The molecule has 0 aromatic carbocycles. The van der Waals surface area contributed by atoms with Gasteiger partial charge in [0, 0.05) is 12.3 Å². The van der Waals surface area contributed by atoms with Crippen LogP contribution < -0.4 is 0 Å². The Labute approximate surface area is 97.5 Å². The zero-order chi connectivity index (χ0) is 10.8. The zero-order valence-corrected chi connectivity index (χ0v) is 10.6. The summed E-state index contributed by atoms with van der Waals surface area (Å²) in [6, 6.07) is 4.10. The van der Waals surface area contributed by atoms with Crippen molar-refractivity contribution in [1.82, 2.24) is 14.8 Å². The molecule has 15 heavy (non-hydrogen) atoms.